The van der Waals surface area contributed by atoms with Gasteiger partial charge < -0.3 is 10.2 Å². The van der Waals surface area contributed by atoms with E-state index in [9.17, 15) is 18.0 Å². The van der Waals surface area contributed by atoms with Gasteiger partial charge >= 0.3 is 0 Å². The Morgan fingerprint density at radius 2 is 1.45 bits per heavy atom. The Kier molecular flexibility index (Phi) is 10.6. The highest BCUT2D eigenvalue weighted by atomic mass is 35.5. The Morgan fingerprint density at radius 3 is 2.00 bits per heavy atom. The number of para-hydroxylation sites is 1. The molecule has 0 aliphatic rings. The van der Waals surface area contributed by atoms with Gasteiger partial charge in [-0.1, -0.05) is 79.5 Å². The fourth-order valence-electron chi connectivity index (χ4n) is 3.98. The van der Waals surface area contributed by atoms with Gasteiger partial charge in [0, 0.05) is 28.7 Å². The number of rotatable bonds is 12. The van der Waals surface area contributed by atoms with Crippen LogP contribution in [-0.2, 0) is 26.2 Å². The summed E-state index contributed by atoms with van der Waals surface area (Å²) in [6, 6.07) is 20.4. The predicted octanol–water partition coefficient (Wildman–Crippen LogP) is 5.52. The average Bonchev–Trinajstić information content (AvgIpc) is 2.92. The van der Waals surface area contributed by atoms with Crippen molar-refractivity contribution in [2.45, 2.75) is 44.2 Å². The summed E-state index contributed by atoms with van der Waals surface area (Å²) in [6.45, 7) is 3.58. The lowest BCUT2D eigenvalue weighted by molar-refractivity contribution is -0.140. The Labute approximate surface area is 234 Å². The third kappa shape index (κ3) is 7.07. The van der Waals surface area contributed by atoms with Crippen LogP contribution in [0.2, 0.25) is 10.0 Å². The molecule has 3 aromatic rings. The van der Waals surface area contributed by atoms with E-state index in [0.717, 1.165) is 10.7 Å². The van der Waals surface area contributed by atoms with Crippen molar-refractivity contribution in [2.24, 2.45) is 0 Å². The van der Waals surface area contributed by atoms with Crippen LogP contribution in [0.15, 0.2) is 83.8 Å². The number of nitrogens with one attached hydrogen (secondary N) is 1. The topological polar surface area (TPSA) is 86.8 Å². The molecule has 3 aromatic carbocycles. The Hall–Kier alpha value is -3.07. The maximum Gasteiger partial charge on any atom is 0.264 e. The third-order valence-corrected chi connectivity index (χ3v) is 8.48. The molecule has 1 N–H and O–H groups in total. The molecule has 0 aromatic heterocycles. The molecule has 2 amide bonds. The minimum atomic E-state index is -4.11. The first-order valence-electron chi connectivity index (χ1n) is 12.3. The minimum Gasteiger partial charge on any atom is -0.354 e. The van der Waals surface area contributed by atoms with E-state index >= 15 is 0 Å². The molecular formula is C28H31Cl2N3O4S. The summed E-state index contributed by atoms with van der Waals surface area (Å²) in [7, 11) is -4.11. The van der Waals surface area contributed by atoms with Crippen LogP contribution in [0, 0.1) is 0 Å². The minimum absolute atomic E-state index is 0.0464. The van der Waals surface area contributed by atoms with E-state index in [2.05, 4.69) is 5.32 Å². The Balaban J connectivity index is 2.05. The molecule has 0 radical (unpaired) electrons. The zero-order valence-corrected chi connectivity index (χ0v) is 23.6. The smallest absolute Gasteiger partial charge is 0.264 e. The van der Waals surface area contributed by atoms with Crippen LogP contribution in [0.25, 0.3) is 0 Å². The van der Waals surface area contributed by atoms with Crippen molar-refractivity contribution >= 4 is 50.7 Å². The number of anilines is 1. The van der Waals surface area contributed by atoms with Crippen LogP contribution < -0.4 is 9.62 Å². The Morgan fingerprint density at radius 1 is 0.868 bits per heavy atom. The van der Waals surface area contributed by atoms with Gasteiger partial charge in [0.15, 0.2) is 0 Å². The summed E-state index contributed by atoms with van der Waals surface area (Å²) in [5.41, 5.74) is 0.798. The van der Waals surface area contributed by atoms with E-state index < -0.39 is 28.5 Å². The zero-order chi connectivity index (χ0) is 27.7. The molecule has 1 atom stereocenters. The predicted molar refractivity (Wildman–Crippen MR) is 152 cm³/mol. The van der Waals surface area contributed by atoms with Gasteiger partial charge in [0.25, 0.3) is 10.0 Å². The second kappa shape index (κ2) is 13.6. The largest absolute Gasteiger partial charge is 0.354 e. The number of halogens is 2. The number of sulfonamides is 1. The van der Waals surface area contributed by atoms with E-state index in [1.165, 1.54) is 17.0 Å². The number of carbonyl (C=O) groups is 2. The van der Waals surface area contributed by atoms with Gasteiger partial charge in [-0.3, -0.25) is 13.9 Å². The van der Waals surface area contributed by atoms with Crippen LogP contribution in [-0.4, -0.2) is 44.3 Å². The normalized spacial score (nSPS) is 12.0. The molecule has 0 fully saturated rings. The molecule has 0 heterocycles. The fraction of sp³-hybridized carbons (Fsp3) is 0.286. The molecule has 0 bridgehead atoms. The van der Waals surface area contributed by atoms with Crippen molar-refractivity contribution in [1.29, 1.82) is 0 Å². The maximum atomic E-state index is 14.0. The monoisotopic (exact) mass is 575 g/mol. The first kappa shape index (κ1) is 29.5. The Bertz CT molecular complexity index is 1320. The van der Waals surface area contributed by atoms with Crippen LogP contribution >= 0.6 is 23.2 Å². The van der Waals surface area contributed by atoms with E-state index in [-0.39, 0.29) is 17.3 Å². The fourth-order valence-corrected chi connectivity index (χ4v) is 5.93. The SMILES string of the molecule is CCCNC(=O)[C@H](CC)N(Cc1c(Cl)cccc1Cl)C(=O)CN(c1ccccc1)S(=O)(=O)c1ccccc1. The molecular weight excluding hydrogens is 545 g/mol. The second-order valence-corrected chi connectivity index (χ2v) is 11.3. The average molecular weight is 577 g/mol. The highest BCUT2D eigenvalue weighted by Crippen LogP contribution is 2.28. The van der Waals surface area contributed by atoms with E-state index in [4.69, 9.17) is 23.2 Å². The molecule has 202 valence electrons. The number of hydrogen-bond donors (Lipinski definition) is 1. The van der Waals surface area contributed by atoms with Crippen LogP contribution in [0.3, 0.4) is 0 Å². The molecule has 0 unspecified atom stereocenters. The van der Waals surface area contributed by atoms with Gasteiger partial charge in [-0.05, 0) is 49.2 Å². The molecule has 3 rings (SSSR count). The van der Waals surface area contributed by atoms with Crippen LogP contribution in [0.1, 0.15) is 32.3 Å². The summed E-state index contributed by atoms with van der Waals surface area (Å²) in [4.78, 5) is 28.5. The number of benzene rings is 3. The summed E-state index contributed by atoms with van der Waals surface area (Å²) in [5.74, 6) is -0.897. The van der Waals surface area contributed by atoms with Crippen LogP contribution in [0.5, 0.6) is 0 Å². The second-order valence-electron chi connectivity index (χ2n) is 8.60. The molecule has 0 saturated carbocycles. The van der Waals surface area contributed by atoms with Crippen molar-refractivity contribution < 1.29 is 18.0 Å². The highest BCUT2D eigenvalue weighted by molar-refractivity contribution is 7.92. The van der Waals surface area contributed by atoms with Crippen molar-refractivity contribution in [3.8, 4) is 0 Å². The number of hydrogen-bond acceptors (Lipinski definition) is 4. The van der Waals surface area contributed by atoms with Gasteiger partial charge in [0.1, 0.15) is 12.6 Å². The zero-order valence-electron chi connectivity index (χ0n) is 21.3. The van der Waals surface area contributed by atoms with Crippen LogP contribution in [0.4, 0.5) is 5.69 Å². The van der Waals surface area contributed by atoms with Gasteiger partial charge in [-0.2, -0.15) is 0 Å². The first-order chi connectivity index (χ1) is 18.2. The summed E-state index contributed by atoms with van der Waals surface area (Å²) in [6.07, 6.45) is 1.03. The summed E-state index contributed by atoms with van der Waals surface area (Å²) < 4.78 is 28.5. The molecule has 10 heteroatoms. The van der Waals surface area contributed by atoms with Gasteiger partial charge in [0.2, 0.25) is 11.8 Å². The standard InChI is InChI=1S/C28H31Cl2N3O4S/c1-3-18-31-28(35)26(4-2)32(19-23-24(29)16-11-17-25(23)30)27(34)20-33(21-12-7-5-8-13-21)38(36,37)22-14-9-6-10-15-22/h5-17,26H,3-4,18-20H2,1-2H3,(H,31,35)/t26-/m0/s1. The van der Waals surface area contributed by atoms with E-state index in [1.807, 2.05) is 6.92 Å². The summed E-state index contributed by atoms with van der Waals surface area (Å²) in [5, 5.41) is 3.53. The molecule has 0 saturated heterocycles. The third-order valence-electron chi connectivity index (χ3n) is 5.98. The van der Waals surface area contributed by atoms with Crippen molar-refractivity contribution in [2.75, 3.05) is 17.4 Å². The van der Waals surface area contributed by atoms with Crippen molar-refractivity contribution in [1.82, 2.24) is 10.2 Å². The lowest BCUT2D eigenvalue weighted by Gasteiger charge is -2.33. The summed E-state index contributed by atoms with van der Waals surface area (Å²) >= 11 is 12.8. The van der Waals surface area contributed by atoms with E-state index in [1.54, 1.807) is 73.7 Å². The first-order valence-corrected chi connectivity index (χ1v) is 14.5. The lowest BCUT2D eigenvalue weighted by atomic mass is 10.1. The number of carbonyl (C=O) groups excluding carboxylic acids is 2. The molecule has 0 aliphatic heterocycles. The van der Waals surface area contributed by atoms with E-state index in [0.29, 0.717) is 34.3 Å². The lowest BCUT2D eigenvalue weighted by Crippen LogP contribution is -2.52. The number of amides is 2. The van der Waals surface area contributed by atoms with Gasteiger partial charge in [0.05, 0.1) is 10.6 Å². The molecule has 0 spiro atoms. The quantitative estimate of drug-likeness (QED) is 0.308. The molecule has 0 aliphatic carbocycles. The van der Waals surface area contributed by atoms with Gasteiger partial charge in [-0.25, -0.2) is 8.42 Å². The maximum absolute atomic E-state index is 14.0. The highest BCUT2D eigenvalue weighted by Gasteiger charge is 2.34. The van der Waals surface area contributed by atoms with Crippen molar-refractivity contribution in [3.05, 3.63) is 94.5 Å². The molecule has 7 nitrogen and oxygen atoms in total. The van der Waals surface area contributed by atoms with Gasteiger partial charge in [-0.15, -0.1) is 0 Å². The number of nitrogens with zero attached hydrogens (tertiary/aromatic N) is 2. The van der Waals surface area contributed by atoms with Crippen molar-refractivity contribution in [3.63, 3.8) is 0 Å². The molecule has 38 heavy (non-hydrogen) atoms.